The number of carbonyl (C=O) groups is 3. The van der Waals surface area contributed by atoms with Crippen molar-refractivity contribution in [2.45, 2.75) is 329 Å². The Balaban J connectivity index is 4.38. The van der Waals surface area contributed by atoms with E-state index >= 15 is 0 Å². The van der Waals surface area contributed by atoms with E-state index in [4.69, 9.17) is 14.2 Å². The molecule has 0 aromatic carbocycles. The van der Waals surface area contributed by atoms with Gasteiger partial charge >= 0.3 is 17.9 Å². The topological polar surface area (TPSA) is 78.9 Å². The van der Waals surface area contributed by atoms with E-state index in [-0.39, 0.29) is 31.1 Å². The van der Waals surface area contributed by atoms with E-state index in [2.05, 4.69) is 69.4 Å². The van der Waals surface area contributed by atoms with Crippen molar-refractivity contribution in [1.29, 1.82) is 0 Å². The van der Waals surface area contributed by atoms with Crippen LogP contribution >= 0.6 is 0 Å². The van der Waals surface area contributed by atoms with E-state index in [0.717, 1.165) is 83.5 Å². The molecular weight excluding hydrogens is 865 g/mol. The molecule has 408 valence electrons. The molecule has 0 spiro atoms. The maximum atomic E-state index is 12.9. The van der Waals surface area contributed by atoms with Crippen LogP contribution in [0.4, 0.5) is 0 Å². The van der Waals surface area contributed by atoms with Crippen molar-refractivity contribution in [2.24, 2.45) is 0 Å². The van der Waals surface area contributed by atoms with Gasteiger partial charge in [-0.2, -0.15) is 0 Å². The van der Waals surface area contributed by atoms with Crippen LogP contribution in [0.15, 0.2) is 48.6 Å². The maximum absolute atomic E-state index is 12.9. The molecule has 0 unspecified atom stereocenters. The number of carbonyl (C=O) groups excluding carboxylic acids is 3. The first-order chi connectivity index (χ1) is 34.5. The van der Waals surface area contributed by atoms with E-state index in [9.17, 15) is 14.4 Å². The molecule has 0 aromatic rings. The van der Waals surface area contributed by atoms with Gasteiger partial charge in [0.15, 0.2) is 6.10 Å². The van der Waals surface area contributed by atoms with E-state index in [1.54, 1.807) is 0 Å². The average molecular weight is 982 g/mol. The first-order valence-corrected chi connectivity index (χ1v) is 30.6. The predicted molar refractivity (Wildman–Crippen MR) is 302 cm³/mol. The van der Waals surface area contributed by atoms with Crippen LogP contribution in [-0.4, -0.2) is 37.2 Å². The Kier molecular flexibility index (Phi) is 56.7. The molecule has 0 aliphatic carbocycles. The summed E-state index contributed by atoms with van der Waals surface area (Å²) in [5.41, 5.74) is 0. The Morgan fingerprint density at radius 2 is 0.514 bits per heavy atom. The quantitative estimate of drug-likeness (QED) is 0.0261. The highest BCUT2D eigenvalue weighted by atomic mass is 16.6. The summed E-state index contributed by atoms with van der Waals surface area (Å²) in [6.07, 6.45) is 72.4. The summed E-state index contributed by atoms with van der Waals surface area (Å²) in [7, 11) is 0. The van der Waals surface area contributed by atoms with Crippen LogP contribution in [0.25, 0.3) is 0 Å². The molecule has 0 rings (SSSR count). The molecule has 0 bridgehead atoms. The zero-order valence-electron chi connectivity index (χ0n) is 46.8. The van der Waals surface area contributed by atoms with Gasteiger partial charge in [-0.15, -0.1) is 0 Å². The Bertz CT molecular complexity index is 1220. The summed E-state index contributed by atoms with van der Waals surface area (Å²) in [4.78, 5) is 38.2. The number of allylic oxidation sites excluding steroid dienone is 8. The third kappa shape index (κ3) is 56.3. The molecule has 70 heavy (non-hydrogen) atoms. The molecule has 1 atom stereocenters. The van der Waals surface area contributed by atoms with Crippen molar-refractivity contribution in [2.75, 3.05) is 13.2 Å². The second-order valence-corrected chi connectivity index (χ2v) is 20.6. The van der Waals surface area contributed by atoms with Gasteiger partial charge in [0.05, 0.1) is 0 Å². The fraction of sp³-hybridized carbons (Fsp3) is 0.828. The second-order valence-electron chi connectivity index (χ2n) is 20.6. The van der Waals surface area contributed by atoms with Crippen LogP contribution in [0.1, 0.15) is 323 Å². The van der Waals surface area contributed by atoms with Gasteiger partial charge in [0, 0.05) is 19.3 Å². The van der Waals surface area contributed by atoms with Crippen molar-refractivity contribution in [1.82, 2.24) is 0 Å². The average Bonchev–Trinajstić information content (AvgIpc) is 3.36. The van der Waals surface area contributed by atoms with Crippen molar-refractivity contribution in [3.63, 3.8) is 0 Å². The Morgan fingerprint density at radius 3 is 0.843 bits per heavy atom. The van der Waals surface area contributed by atoms with Gasteiger partial charge in [-0.3, -0.25) is 14.4 Å². The van der Waals surface area contributed by atoms with Crippen LogP contribution in [0.2, 0.25) is 0 Å². The molecule has 0 amide bonds. The lowest BCUT2D eigenvalue weighted by atomic mass is 10.0. The highest BCUT2D eigenvalue weighted by Gasteiger charge is 2.19. The minimum absolute atomic E-state index is 0.0803. The van der Waals surface area contributed by atoms with Crippen molar-refractivity contribution < 1.29 is 28.6 Å². The number of ether oxygens (including phenoxy) is 3. The van der Waals surface area contributed by atoms with Gasteiger partial charge in [-0.1, -0.05) is 268 Å². The minimum Gasteiger partial charge on any atom is -0.462 e. The van der Waals surface area contributed by atoms with E-state index in [1.165, 1.54) is 199 Å². The lowest BCUT2D eigenvalue weighted by Gasteiger charge is -2.18. The normalized spacial score (nSPS) is 12.3. The Labute approximate surface area is 435 Å². The summed E-state index contributed by atoms with van der Waals surface area (Å²) in [6.45, 7) is 6.63. The Morgan fingerprint density at radius 1 is 0.286 bits per heavy atom. The molecular formula is C64H116O6. The van der Waals surface area contributed by atoms with Crippen LogP contribution in [0.3, 0.4) is 0 Å². The predicted octanol–water partition coefficient (Wildman–Crippen LogP) is 20.6. The SMILES string of the molecule is CCCCC/C=C\C/C=C\C/C=C\CCCCCCC(=O)O[C@H](COC(=O)CCCCCCCCC/C=C\CCCCCCCC)COC(=O)CCCCCCCCCCCCCCCCCCCC. The monoisotopic (exact) mass is 981 g/mol. The van der Waals surface area contributed by atoms with E-state index in [1.807, 2.05) is 0 Å². The third-order valence-electron chi connectivity index (χ3n) is 13.6. The van der Waals surface area contributed by atoms with Crippen LogP contribution < -0.4 is 0 Å². The number of unbranched alkanes of at least 4 members (excludes halogenated alkanes) is 37. The maximum Gasteiger partial charge on any atom is 0.306 e. The van der Waals surface area contributed by atoms with Gasteiger partial charge in [0.2, 0.25) is 0 Å². The largest absolute Gasteiger partial charge is 0.462 e. The van der Waals surface area contributed by atoms with Gasteiger partial charge in [0.1, 0.15) is 13.2 Å². The molecule has 0 heterocycles. The fourth-order valence-corrected chi connectivity index (χ4v) is 8.92. The molecule has 6 heteroatoms. The van der Waals surface area contributed by atoms with Crippen molar-refractivity contribution in [3.8, 4) is 0 Å². The molecule has 0 aromatic heterocycles. The molecule has 0 radical (unpaired) electrons. The molecule has 0 aliphatic heterocycles. The standard InChI is InChI=1S/C64H116O6/c1-4-7-10-13-16-19-22-25-28-31-34-36-39-42-45-48-51-54-57-63(66)69-60-61(70-64(67)58-55-52-49-46-43-40-37-33-30-27-24-21-18-15-12-9-6-3)59-68-62(65)56-53-50-47-44-41-38-35-32-29-26-23-20-17-14-11-8-5-2/h18,21,26-27,29-30,37,40,61H,4-17,19-20,22-25,28,31-36,38-39,41-60H2,1-3H3/b21-18-,29-26-,30-27-,40-37-/t61-/m1/s1. The molecule has 6 nitrogen and oxygen atoms in total. The molecule has 0 fully saturated rings. The Hall–Kier alpha value is -2.63. The molecule has 0 N–H and O–H groups in total. The highest BCUT2D eigenvalue weighted by molar-refractivity contribution is 5.71. The van der Waals surface area contributed by atoms with Crippen molar-refractivity contribution >= 4 is 17.9 Å². The zero-order chi connectivity index (χ0) is 50.7. The van der Waals surface area contributed by atoms with Gasteiger partial charge in [-0.05, 0) is 83.5 Å². The van der Waals surface area contributed by atoms with Gasteiger partial charge in [-0.25, -0.2) is 0 Å². The third-order valence-corrected chi connectivity index (χ3v) is 13.6. The summed E-state index contributed by atoms with van der Waals surface area (Å²) >= 11 is 0. The van der Waals surface area contributed by atoms with E-state index in [0.29, 0.717) is 19.3 Å². The summed E-state index contributed by atoms with van der Waals surface area (Å²) in [5, 5.41) is 0. The fourth-order valence-electron chi connectivity index (χ4n) is 8.92. The van der Waals surface area contributed by atoms with E-state index < -0.39 is 6.10 Å². The summed E-state index contributed by atoms with van der Waals surface area (Å²) in [5.74, 6) is -0.888. The summed E-state index contributed by atoms with van der Waals surface area (Å²) < 4.78 is 16.9. The second kappa shape index (κ2) is 58.9. The molecule has 0 aliphatic rings. The molecule has 0 saturated carbocycles. The zero-order valence-corrected chi connectivity index (χ0v) is 46.8. The number of hydrogen-bond acceptors (Lipinski definition) is 6. The number of esters is 3. The first-order valence-electron chi connectivity index (χ1n) is 30.6. The highest BCUT2D eigenvalue weighted by Crippen LogP contribution is 2.17. The lowest BCUT2D eigenvalue weighted by Crippen LogP contribution is -2.30. The first kappa shape index (κ1) is 67.4. The minimum atomic E-state index is -0.785. The number of hydrogen-bond donors (Lipinski definition) is 0. The van der Waals surface area contributed by atoms with Crippen LogP contribution in [-0.2, 0) is 28.6 Å². The lowest BCUT2D eigenvalue weighted by molar-refractivity contribution is -0.167. The summed E-state index contributed by atoms with van der Waals surface area (Å²) in [6, 6.07) is 0. The number of rotatable bonds is 56. The van der Waals surface area contributed by atoms with Crippen molar-refractivity contribution in [3.05, 3.63) is 48.6 Å². The van der Waals surface area contributed by atoms with Gasteiger partial charge in [0.25, 0.3) is 0 Å². The van der Waals surface area contributed by atoms with Crippen LogP contribution in [0.5, 0.6) is 0 Å². The van der Waals surface area contributed by atoms with Crippen LogP contribution in [0, 0.1) is 0 Å². The molecule has 0 saturated heterocycles. The smallest absolute Gasteiger partial charge is 0.306 e. The van der Waals surface area contributed by atoms with Gasteiger partial charge < -0.3 is 14.2 Å².